The number of rotatable bonds is 6. The van der Waals surface area contributed by atoms with Gasteiger partial charge in [0.15, 0.2) is 0 Å². The Bertz CT molecular complexity index is 806. The first-order valence-electron chi connectivity index (χ1n) is 7.43. The molecule has 0 unspecified atom stereocenters. The lowest BCUT2D eigenvalue weighted by molar-refractivity contribution is 0.391. The van der Waals surface area contributed by atoms with E-state index in [1.165, 1.54) is 10.4 Å². The van der Waals surface area contributed by atoms with E-state index in [4.69, 9.17) is 11.6 Å². The van der Waals surface area contributed by atoms with Crippen LogP contribution in [0.15, 0.2) is 48.5 Å². The van der Waals surface area contributed by atoms with Crippen LogP contribution in [0.1, 0.15) is 24.0 Å². The maximum atomic E-state index is 13.9. The van der Waals surface area contributed by atoms with E-state index in [0.717, 1.165) is 12.8 Å². The second-order valence-electron chi connectivity index (χ2n) is 5.75. The van der Waals surface area contributed by atoms with Gasteiger partial charge in [-0.15, -0.1) is 0 Å². The zero-order valence-electron chi connectivity index (χ0n) is 12.5. The topological polar surface area (TPSA) is 37.4 Å². The number of halogens is 2. The highest BCUT2D eigenvalue weighted by atomic mass is 35.5. The van der Waals surface area contributed by atoms with Crippen molar-refractivity contribution >= 4 is 21.6 Å². The minimum Gasteiger partial charge on any atom is -0.212 e. The van der Waals surface area contributed by atoms with Gasteiger partial charge in [-0.1, -0.05) is 41.9 Å². The smallest absolute Gasteiger partial charge is 0.212 e. The van der Waals surface area contributed by atoms with Crippen molar-refractivity contribution in [3.63, 3.8) is 0 Å². The Balaban J connectivity index is 1.84. The van der Waals surface area contributed by atoms with E-state index >= 15 is 0 Å². The van der Waals surface area contributed by atoms with Gasteiger partial charge in [0.2, 0.25) is 10.0 Å². The summed E-state index contributed by atoms with van der Waals surface area (Å²) >= 11 is 5.92. The molecule has 122 valence electrons. The normalized spacial score (nSPS) is 15.1. The second kappa shape index (κ2) is 6.59. The summed E-state index contributed by atoms with van der Waals surface area (Å²) in [4.78, 5) is 0. The maximum Gasteiger partial charge on any atom is 0.218 e. The highest BCUT2D eigenvalue weighted by molar-refractivity contribution is 7.88. The van der Waals surface area contributed by atoms with Gasteiger partial charge in [-0.05, 0) is 36.6 Å². The Morgan fingerprint density at radius 3 is 2.52 bits per heavy atom. The summed E-state index contributed by atoms with van der Waals surface area (Å²) in [6.45, 7) is 0.0697. The predicted molar refractivity (Wildman–Crippen MR) is 89.0 cm³/mol. The maximum absolute atomic E-state index is 13.9. The van der Waals surface area contributed by atoms with E-state index in [0.29, 0.717) is 16.1 Å². The van der Waals surface area contributed by atoms with Crippen molar-refractivity contribution in [3.8, 4) is 0 Å². The van der Waals surface area contributed by atoms with E-state index in [-0.39, 0.29) is 24.2 Å². The van der Waals surface area contributed by atoms with Gasteiger partial charge in [-0.25, -0.2) is 12.8 Å². The average Bonchev–Trinajstić information content (AvgIpc) is 3.30. The standard InChI is InChI=1S/C17H17ClFNO2S/c18-15-6-3-4-13(10-15)12-23(21,22)20(16-8-9-16)11-14-5-1-2-7-17(14)19/h1-7,10,16H,8-9,11-12H2. The van der Waals surface area contributed by atoms with Crippen molar-refractivity contribution in [2.75, 3.05) is 0 Å². The minimum absolute atomic E-state index is 0.0289. The molecule has 1 aliphatic rings. The van der Waals surface area contributed by atoms with Crippen LogP contribution in [-0.4, -0.2) is 18.8 Å². The van der Waals surface area contributed by atoms with Crippen LogP contribution >= 0.6 is 11.6 Å². The number of nitrogens with zero attached hydrogens (tertiary/aromatic N) is 1. The lowest BCUT2D eigenvalue weighted by atomic mass is 10.2. The first-order valence-corrected chi connectivity index (χ1v) is 9.42. The minimum atomic E-state index is -3.54. The zero-order valence-corrected chi connectivity index (χ0v) is 14.0. The van der Waals surface area contributed by atoms with Gasteiger partial charge in [0.1, 0.15) is 5.82 Å². The fraction of sp³-hybridized carbons (Fsp3) is 0.294. The molecule has 1 saturated carbocycles. The summed E-state index contributed by atoms with van der Waals surface area (Å²) in [6.07, 6.45) is 1.65. The number of hydrogen-bond donors (Lipinski definition) is 0. The van der Waals surface area contributed by atoms with E-state index in [9.17, 15) is 12.8 Å². The van der Waals surface area contributed by atoms with Crippen molar-refractivity contribution in [3.05, 3.63) is 70.5 Å². The van der Waals surface area contributed by atoms with Crippen molar-refractivity contribution in [1.82, 2.24) is 4.31 Å². The molecule has 1 fully saturated rings. The molecule has 0 heterocycles. The Hall–Kier alpha value is -1.43. The third-order valence-corrected chi connectivity index (χ3v) is 5.91. The summed E-state index contributed by atoms with van der Waals surface area (Å²) in [5, 5.41) is 0.504. The molecule has 1 aliphatic carbocycles. The molecule has 0 spiro atoms. The quantitative estimate of drug-likeness (QED) is 0.787. The molecule has 0 saturated heterocycles. The van der Waals surface area contributed by atoms with E-state index < -0.39 is 10.0 Å². The zero-order chi connectivity index (χ0) is 16.4. The van der Waals surface area contributed by atoms with Gasteiger partial charge in [0, 0.05) is 23.2 Å². The van der Waals surface area contributed by atoms with Gasteiger partial charge in [-0.3, -0.25) is 0 Å². The molecule has 0 aromatic heterocycles. The Kier molecular flexibility index (Phi) is 4.71. The molecule has 0 N–H and O–H groups in total. The van der Waals surface area contributed by atoms with Crippen molar-refractivity contribution in [2.45, 2.75) is 31.2 Å². The molecule has 0 atom stereocenters. The molecule has 23 heavy (non-hydrogen) atoms. The highest BCUT2D eigenvalue weighted by Crippen LogP contribution is 2.32. The van der Waals surface area contributed by atoms with Crippen LogP contribution in [0.2, 0.25) is 5.02 Å². The number of sulfonamides is 1. The van der Waals surface area contributed by atoms with Crippen LogP contribution in [0.5, 0.6) is 0 Å². The number of hydrogen-bond acceptors (Lipinski definition) is 2. The molecule has 0 amide bonds. The average molecular weight is 354 g/mol. The first kappa shape index (κ1) is 16.4. The SMILES string of the molecule is O=S(=O)(Cc1cccc(Cl)c1)N(Cc1ccccc1F)C1CC1. The van der Waals surface area contributed by atoms with Crippen molar-refractivity contribution in [2.24, 2.45) is 0 Å². The summed E-state index contributed by atoms with van der Waals surface area (Å²) in [6, 6.07) is 13.1. The van der Waals surface area contributed by atoms with Gasteiger partial charge in [0.05, 0.1) is 5.75 Å². The Labute approximate surface area is 140 Å². The van der Waals surface area contributed by atoms with Crippen LogP contribution in [0.25, 0.3) is 0 Å². The summed E-state index contributed by atoms with van der Waals surface area (Å²) in [5.74, 6) is -0.505. The molecule has 2 aromatic carbocycles. The molecule has 2 aromatic rings. The highest BCUT2D eigenvalue weighted by Gasteiger charge is 2.37. The third-order valence-electron chi connectivity index (χ3n) is 3.83. The first-order chi connectivity index (χ1) is 11.0. The summed E-state index contributed by atoms with van der Waals surface area (Å²) < 4.78 is 40.8. The van der Waals surface area contributed by atoms with Crippen LogP contribution in [0.3, 0.4) is 0 Å². The molecule has 0 bridgehead atoms. The molecule has 0 aliphatic heterocycles. The molecule has 6 heteroatoms. The van der Waals surface area contributed by atoms with E-state index in [1.54, 1.807) is 42.5 Å². The van der Waals surface area contributed by atoms with Gasteiger partial charge in [-0.2, -0.15) is 4.31 Å². The molecular weight excluding hydrogens is 337 g/mol. The second-order valence-corrected chi connectivity index (χ2v) is 8.11. The largest absolute Gasteiger partial charge is 0.218 e. The van der Waals surface area contributed by atoms with Crippen molar-refractivity contribution < 1.29 is 12.8 Å². The van der Waals surface area contributed by atoms with Crippen LogP contribution in [0, 0.1) is 5.82 Å². The van der Waals surface area contributed by atoms with Gasteiger partial charge in [0.25, 0.3) is 0 Å². The predicted octanol–water partition coefficient (Wildman–Crippen LogP) is 3.97. The summed E-state index contributed by atoms with van der Waals surface area (Å²) in [5.41, 5.74) is 1.03. The van der Waals surface area contributed by atoms with Crippen molar-refractivity contribution in [1.29, 1.82) is 0 Å². The van der Waals surface area contributed by atoms with E-state index in [1.807, 2.05) is 0 Å². The monoisotopic (exact) mass is 353 g/mol. The van der Waals surface area contributed by atoms with Crippen LogP contribution in [0.4, 0.5) is 4.39 Å². The van der Waals surface area contributed by atoms with Crippen LogP contribution < -0.4 is 0 Å². The van der Waals surface area contributed by atoms with Gasteiger partial charge >= 0.3 is 0 Å². The third kappa shape index (κ3) is 4.10. The van der Waals surface area contributed by atoms with Crippen LogP contribution in [-0.2, 0) is 22.3 Å². The number of benzene rings is 2. The lowest BCUT2D eigenvalue weighted by Gasteiger charge is -2.22. The lowest BCUT2D eigenvalue weighted by Crippen LogP contribution is -2.34. The van der Waals surface area contributed by atoms with E-state index in [2.05, 4.69) is 0 Å². The summed E-state index contributed by atoms with van der Waals surface area (Å²) in [7, 11) is -3.54. The fourth-order valence-corrected chi connectivity index (χ4v) is 4.51. The fourth-order valence-electron chi connectivity index (χ4n) is 2.53. The van der Waals surface area contributed by atoms with Gasteiger partial charge < -0.3 is 0 Å². The molecular formula is C17H17ClFNO2S. The Morgan fingerprint density at radius 1 is 1.13 bits per heavy atom. The molecule has 3 nitrogen and oxygen atoms in total. The Morgan fingerprint density at radius 2 is 1.87 bits per heavy atom. The molecule has 0 radical (unpaired) electrons. The molecule has 3 rings (SSSR count).